The molecule has 1 aliphatic rings. The van der Waals surface area contributed by atoms with Gasteiger partial charge >= 0.3 is 0 Å². The lowest BCUT2D eigenvalue weighted by molar-refractivity contribution is -0.127. The van der Waals surface area contributed by atoms with E-state index in [1.165, 1.54) is 6.08 Å². The Hall–Kier alpha value is -5.45. The van der Waals surface area contributed by atoms with Crippen LogP contribution < -0.4 is 26.7 Å². The fourth-order valence-corrected chi connectivity index (χ4v) is 5.20. The summed E-state index contributed by atoms with van der Waals surface area (Å²) in [5, 5.41) is 0. The molecule has 11 nitrogen and oxygen atoms in total. The summed E-state index contributed by atoms with van der Waals surface area (Å²) in [6.45, 7) is 0.499. The molecule has 0 bridgehead atoms. The molecule has 0 aliphatic carbocycles. The summed E-state index contributed by atoms with van der Waals surface area (Å²) < 4.78 is 11.2. The number of rotatable bonds is 8. The molecule has 1 atom stereocenters. The molecule has 0 saturated carbocycles. The van der Waals surface area contributed by atoms with Crippen LogP contribution >= 0.6 is 0 Å². The Kier molecular flexibility index (Phi) is 8.00. The van der Waals surface area contributed by atoms with Crippen molar-refractivity contribution in [1.82, 2.24) is 19.9 Å². The topological polar surface area (TPSA) is 173 Å². The standard InChI is InChI=1S/C31H31N7O4/c1-41-25-15-18(14-22-17-36-31(34)37-29(22)32)13-20(28(25)42-2)8-10-26(39)38-12-11-19-5-3-4-6-23(19)27(38)21-7-9-24(30(33)40)35-16-21/h3-10,13,15-17,27H,11-12,14H2,1-2H3,(H2,33,40)(H4,32,34,36,37)/t27-/m0/s1. The number of benzene rings is 2. The number of amides is 2. The number of hydrogen-bond acceptors (Lipinski definition) is 9. The van der Waals surface area contributed by atoms with Crippen molar-refractivity contribution in [1.29, 1.82) is 0 Å². The first kappa shape index (κ1) is 28.1. The smallest absolute Gasteiger partial charge is 0.267 e. The van der Waals surface area contributed by atoms with E-state index in [1.54, 1.807) is 49.7 Å². The molecule has 5 rings (SSSR count). The van der Waals surface area contributed by atoms with Crippen LogP contribution in [0.2, 0.25) is 0 Å². The normalized spacial score (nSPS) is 14.4. The van der Waals surface area contributed by atoms with Crippen LogP contribution in [0.15, 0.2) is 67.0 Å². The number of anilines is 2. The number of pyridine rings is 1. The number of aromatic nitrogens is 3. The van der Waals surface area contributed by atoms with Crippen molar-refractivity contribution < 1.29 is 19.1 Å². The highest BCUT2D eigenvalue weighted by atomic mass is 16.5. The molecule has 0 spiro atoms. The van der Waals surface area contributed by atoms with Crippen LogP contribution in [-0.4, -0.2) is 52.4 Å². The quantitative estimate of drug-likeness (QED) is 0.272. The largest absolute Gasteiger partial charge is 0.493 e. The molecule has 4 aromatic rings. The molecule has 0 unspecified atom stereocenters. The van der Waals surface area contributed by atoms with Gasteiger partial charge in [0.1, 0.15) is 11.5 Å². The van der Waals surface area contributed by atoms with Gasteiger partial charge in [0.15, 0.2) is 11.5 Å². The summed E-state index contributed by atoms with van der Waals surface area (Å²) in [6.07, 6.45) is 7.54. The molecule has 3 heterocycles. The Bertz CT molecular complexity index is 1670. The van der Waals surface area contributed by atoms with E-state index < -0.39 is 11.9 Å². The van der Waals surface area contributed by atoms with Gasteiger partial charge in [-0.3, -0.25) is 14.6 Å². The number of carbonyl (C=O) groups is 2. The number of hydrogen-bond donors (Lipinski definition) is 3. The lowest BCUT2D eigenvalue weighted by atomic mass is 9.88. The summed E-state index contributed by atoms with van der Waals surface area (Å²) in [4.78, 5) is 39.5. The average Bonchev–Trinajstić information content (AvgIpc) is 3.00. The lowest BCUT2D eigenvalue weighted by Gasteiger charge is -2.37. The maximum Gasteiger partial charge on any atom is 0.267 e. The van der Waals surface area contributed by atoms with E-state index in [4.69, 9.17) is 26.7 Å². The predicted molar refractivity (Wildman–Crippen MR) is 159 cm³/mol. The number of nitrogens with zero attached hydrogens (tertiary/aromatic N) is 4. The van der Waals surface area contributed by atoms with Gasteiger partial charge in [-0.2, -0.15) is 4.98 Å². The highest BCUT2D eigenvalue weighted by Crippen LogP contribution is 2.37. The van der Waals surface area contributed by atoms with Gasteiger partial charge in [0.2, 0.25) is 11.9 Å². The first-order valence-corrected chi connectivity index (χ1v) is 13.2. The fraction of sp³-hybridized carbons (Fsp3) is 0.194. The maximum absolute atomic E-state index is 13.8. The highest BCUT2D eigenvalue weighted by Gasteiger charge is 2.31. The second-order valence-corrected chi connectivity index (χ2v) is 9.79. The minimum absolute atomic E-state index is 0.101. The molecule has 1 aliphatic heterocycles. The number of primary amides is 1. The van der Waals surface area contributed by atoms with Crippen LogP contribution in [0.5, 0.6) is 11.5 Å². The summed E-state index contributed by atoms with van der Waals surface area (Å²) >= 11 is 0. The molecule has 2 aromatic carbocycles. The minimum Gasteiger partial charge on any atom is -0.493 e. The van der Waals surface area contributed by atoms with Crippen LogP contribution in [0.4, 0.5) is 11.8 Å². The fourth-order valence-electron chi connectivity index (χ4n) is 5.20. The monoisotopic (exact) mass is 565 g/mol. The van der Waals surface area contributed by atoms with Crippen molar-refractivity contribution in [3.05, 3.63) is 106 Å². The molecule has 42 heavy (non-hydrogen) atoms. The van der Waals surface area contributed by atoms with Crippen molar-refractivity contribution >= 4 is 29.7 Å². The summed E-state index contributed by atoms with van der Waals surface area (Å²) in [6, 6.07) is 14.7. The van der Waals surface area contributed by atoms with Crippen molar-refractivity contribution in [3.8, 4) is 11.5 Å². The molecule has 11 heteroatoms. The minimum atomic E-state index is -0.611. The Labute approximate surface area is 243 Å². The van der Waals surface area contributed by atoms with Crippen LogP contribution in [0.1, 0.15) is 49.9 Å². The summed E-state index contributed by atoms with van der Waals surface area (Å²) in [7, 11) is 3.09. The van der Waals surface area contributed by atoms with E-state index in [-0.39, 0.29) is 17.5 Å². The van der Waals surface area contributed by atoms with Gasteiger partial charge in [0.25, 0.3) is 5.91 Å². The van der Waals surface area contributed by atoms with Crippen LogP contribution in [0, 0.1) is 0 Å². The van der Waals surface area contributed by atoms with E-state index in [1.807, 2.05) is 30.3 Å². The Morgan fingerprint density at radius 2 is 1.86 bits per heavy atom. The average molecular weight is 566 g/mol. The van der Waals surface area contributed by atoms with E-state index in [0.717, 1.165) is 22.3 Å². The zero-order valence-corrected chi connectivity index (χ0v) is 23.3. The number of nitrogen functional groups attached to an aromatic ring is 2. The molecule has 0 radical (unpaired) electrons. The summed E-state index contributed by atoms with van der Waals surface area (Å²) in [5.41, 5.74) is 22.4. The first-order valence-electron chi connectivity index (χ1n) is 13.2. The van der Waals surface area contributed by atoms with Crippen LogP contribution in [0.25, 0.3) is 6.08 Å². The van der Waals surface area contributed by atoms with Gasteiger partial charge in [-0.1, -0.05) is 30.3 Å². The van der Waals surface area contributed by atoms with Crippen molar-refractivity contribution in [3.63, 3.8) is 0 Å². The van der Waals surface area contributed by atoms with E-state index in [2.05, 4.69) is 21.0 Å². The molecule has 6 N–H and O–H groups in total. The Morgan fingerprint density at radius 1 is 1.05 bits per heavy atom. The number of nitrogens with two attached hydrogens (primary N) is 3. The van der Waals surface area contributed by atoms with Crippen molar-refractivity contribution in [2.45, 2.75) is 18.9 Å². The van der Waals surface area contributed by atoms with E-state index in [9.17, 15) is 9.59 Å². The third-order valence-electron chi connectivity index (χ3n) is 7.21. The second kappa shape index (κ2) is 12.0. The third-order valence-corrected chi connectivity index (χ3v) is 7.21. The molecule has 0 saturated heterocycles. The van der Waals surface area contributed by atoms with Crippen molar-refractivity contribution in [2.75, 3.05) is 32.2 Å². The highest BCUT2D eigenvalue weighted by molar-refractivity contribution is 5.93. The first-order chi connectivity index (χ1) is 20.3. The maximum atomic E-state index is 13.8. The molecule has 214 valence electrons. The molecular weight excluding hydrogens is 534 g/mol. The second-order valence-electron chi connectivity index (χ2n) is 9.79. The van der Waals surface area contributed by atoms with Crippen LogP contribution in [0.3, 0.4) is 0 Å². The van der Waals surface area contributed by atoms with Gasteiger partial charge < -0.3 is 31.6 Å². The van der Waals surface area contributed by atoms with E-state index >= 15 is 0 Å². The zero-order valence-electron chi connectivity index (χ0n) is 23.3. The van der Waals surface area contributed by atoms with Gasteiger partial charge in [-0.25, -0.2) is 4.98 Å². The summed E-state index contributed by atoms with van der Waals surface area (Å²) in [5.74, 6) is 0.569. The van der Waals surface area contributed by atoms with Crippen LogP contribution in [-0.2, 0) is 17.6 Å². The number of methoxy groups -OCH3 is 2. The Morgan fingerprint density at radius 3 is 2.55 bits per heavy atom. The van der Waals surface area contributed by atoms with Gasteiger partial charge in [-0.15, -0.1) is 0 Å². The van der Waals surface area contributed by atoms with Gasteiger partial charge in [0, 0.05) is 42.6 Å². The SMILES string of the molecule is COc1cc(Cc2cnc(N)nc2N)cc(C=CC(=O)N2CCc3ccccc3[C@@H]2c2ccc(C(N)=O)nc2)c1OC. The molecule has 0 fully saturated rings. The van der Waals surface area contributed by atoms with Gasteiger partial charge in [0.05, 0.1) is 20.3 Å². The number of ether oxygens (including phenoxy) is 2. The molecular formula is C31H31N7O4. The number of carbonyl (C=O) groups excluding carboxylic acids is 2. The lowest BCUT2D eigenvalue weighted by Crippen LogP contribution is -2.39. The van der Waals surface area contributed by atoms with Crippen molar-refractivity contribution in [2.24, 2.45) is 5.73 Å². The zero-order chi connectivity index (χ0) is 29.8. The predicted octanol–water partition coefficient (Wildman–Crippen LogP) is 2.93. The third kappa shape index (κ3) is 5.71. The Balaban J connectivity index is 1.48. The molecule has 2 aromatic heterocycles. The van der Waals surface area contributed by atoms with Gasteiger partial charge in [-0.05, 0) is 52.9 Å². The van der Waals surface area contributed by atoms with E-state index in [0.29, 0.717) is 47.8 Å². The molecule has 2 amide bonds. The number of fused-ring (bicyclic) bond motifs is 1.